The lowest BCUT2D eigenvalue weighted by atomic mass is 10.1. The van der Waals surface area contributed by atoms with Gasteiger partial charge in [0.1, 0.15) is 12.2 Å². The first-order valence-electron chi connectivity index (χ1n) is 7.77. The number of carbonyl (C=O) groups is 1. The van der Waals surface area contributed by atoms with Crippen LogP contribution in [0.1, 0.15) is 22.8 Å². The van der Waals surface area contributed by atoms with Crippen LogP contribution in [-0.4, -0.2) is 29.5 Å². The van der Waals surface area contributed by atoms with Crippen LogP contribution < -0.4 is 9.47 Å². The largest absolute Gasteiger partial charge is 0.493 e. The number of non-ortho nitro benzene ring substituents is 1. The summed E-state index contributed by atoms with van der Waals surface area (Å²) in [5.41, 5.74) is -0.373. The highest BCUT2D eigenvalue weighted by Crippen LogP contribution is 2.35. The van der Waals surface area contributed by atoms with Gasteiger partial charge in [0.05, 0.1) is 29.6 Å². The van der Waals surface area contributed by atoms with E-state index in [1.807, 2.05) is 0 Å². The summed E-state index contributed by atoms with van der Waals surface area (Å²) in [7, 11) is 1.34. The van der Waals surface area contributed by atoms with Crippen molar-refractivity contribution in [1.82, 2.24) is 0 Å². The molecular weight excluding hydrogens is 360 g/mol. The van der Waals surface area contributed by atoms with Crippen molar-refractivity contribution >= 4 is 17.3 Å². The second-order valence-corrected chi connectivity index (χ2v) is 5.21. The van der Waals surface area contributed by atoms with Gasteiger partial charge in [-0.25, -0.2) is 4.79 Å². The van der Waals surface area contributed by atoms with Crippen molar-refractivity contribution in [3.05, 3.63) is 67.8 Å². The van der Waals surface area contributed by atoms with E-state index in [2.05, 4.69) is 0 Å². The van der Waals surface area contributed by atoms with Gasteiger partial charge in [0.25, 0.3) is 11.4 Å². The van der Waals surface area contributed by atoms with E-state index in [1.54, 1.807) is 6.92 Å². The molecule has 0 amide bonds. The molecule has 0 saturated heterocycles. The first-order valence-corrected chi connectivity index (χ1v) is 7.77. The van der Waals surface area contributed by atoms with E-state index < -0.39 is 21.5 Å². The zero-order chi connectivity index (χ0) is 20.0. The van der Waals surface area contributed by atoms with Gasteiger partial charge in [0, 0.05) is 18.2 Å². The number of esters is 1. The minimum atomic E-state index is -0.929. The van der Waals surface area contributed by atoms with Crippen LogP contribution in [-0.2, 0) is 11.3 Å². The molecule has 2 aromatic carbocycles. The van der Waals surface area contributed by atoms with E-state index in [4.69, 9.17) is 14.2 Å². The topological polar surface area (TPSA) is 131 Å². The van der Waals surface area contributed by atoms with Gasteiger partial charge in [0.15, 0.2) is 11.5 Å². The quantitative estimate of drug-likeness (QED) is 0.390. The van der Waals surface area contributed by atoms with E-state index >= 15 is 0 Å². The van der Waals surface area contributed by atoms with Gasteiger partial charge in [-0.3, -0.25) is 20.2 Å². The van der Waals surface area contributed by atoms with E-state index in [-0.39, 0.29) is 36.0 Å². The molecule has 0 heterocycles. The van der Waals surface area contributed by atoms with Crippen LogP contribution in [0.2, 0.25) is 0 Å². The van der Waals surface area contributed by atoms with Crippen LogP contribution in [0.3, 0.4) is 0 Å². The first kappa shape index (κ1) is 19.6. The van der Waals surface area contributed by atoms with E-state index in [9.17, 15) is 25.0 Å². The summed E-state index contributed by atoms with van der Waals surface area (Å²) in [6.07, 6.45) is 0. The van der Waals surface area contributed by atoms with Gasteiger partial charge in [-0.05, 0) is 24.6 Å². The summed E-state index contributed by atoms with van der Waals surface area (Å²) >= 11 is 0. The standard InChI is InChI=1S/C17H16N2O8/c1-3-26-16-9-14(19(23)24)13(8-15(16)25-2)17(20)27-10-11-4-6-12(7-5-11)18(21)22/h4-9H,3,10H2,1-2H3. The fourth-order valence-electron chi connectivity index (χ4n) is 2.23. The number of methoxy groups -OCH3 is 1. The maximum atomic E-state index is 12.3. The predicted molar refractivity (Wildman–Crippen MR) is 93.0 cm³/mol. The summed E-state index contributed by atoms with van der Waals surface area (Å²) in [5.74, 6) is -0.634. The highest BCUT2D eigenvalue weighted by atomic mass is 16.6. The number of nitrogens with zero attached hydrogens (tertiary/aromatic N) is 2. The third-order valence-corrected chi connectivity index (χ3v) is 3.52. The van der Waals surface area contributed by atoms with E-state index in [0.29, 0.717) is 5.56 Å². The Morgan fingerprint density at radius 2 is 1.70 bits per heavy atom. The van der Waals surface area contributed by atoms with Crippen molar-refractivity contribution in [2.45, 2.75) is 13.5 Å². The highest BCUT2D eigenvalue weighted by Gasteiger charge is 2.26. The molecule has 27 heavy (non-hydrogen) atoms. The van der Waals surface area contributed by atoms with Crippen LogP contribution in [0.5, 0.6) is 11.5 Å². The summed E-state index contributed by atoms with van der Waals surface area (Å²) < 4.78 is 15.5. The minimum Gasteiger partial charge on any atom is -0.493 e. The van der Waals surface area contributed by atoms with Gasteiger partial charge in [-0.15, -0.1) is 0 Å². The van der Waals surface area contributed by atoms with Crippen LogP contribution in [0.25, 0.3) is 0 Å². The van der Waals surface area contributed by atoms with Crippen LogP contribution in [0.4, 0.5) is 11.4 Å². The molecule has 0 radical (unpaired) electrons. The number of rotatable bonds is 8. The molecule has 0 aliphatic rings. The third-order valence-electron chi connectivity index (χ3n) is 3.52. The number of hydrogen-bond donors (Lipinski definition) is 0. The Morgan fingerprint density at radius 3 is 2.22 bits per heavy atom. The summed E-state index contributed by atoms with van der Waals surface area (Å²) in [5, 5.41) is 21.9. The number of ether oxygens (including phenoxy) is 3. The Bertz CT molecular complexity index is 864. The lowest BCUT2D eigenvalue weighted by Gasteiger charge is -2.11. The molecule has 10 heteroatoms. The number of carbonyl (C=O) groups excluding carboxylic acids is 1. The average Bonchev–Trinajstić information content (AvgIpc) is 2.66. The van der Waals surface area contributed by atoms with Crippen LogP contribution in [0.15, 0.2) is 36.4 Å². The Balaban J connectivity index is 2.23. The SMILES string of the molecule is CCOc1cc([N+](=O)[O-])c(C(=O)OCc2ccc([N+](=O)[O-])cc2)cc1OC. The lowest BCUT2D eigenvalue weighted by Crippen LogP contribution is -2.09. The predicted octanol–water partition coefficient (Wildman–Crippen LogP) is 3.27. The maximum absolute atomic E-state index is 12.3. The van der Waals surface area contributed by atoms with E-state index in [1.165, 1.54) is 37.4 Å². The average molecular weight is 376 g/mol. The molecule has 0 aliphatic carbocycles. The molecule has 142 valence electrons. The lowest BCUT2D eigenvalue weighted by molar-refractivity contribution is -0.385. The molecule has 0 spiro atoms. The van der Waals surface area contributed by atoms with Crippen LogP contribution >= 0.6 is 0 Å². The number of benzene rings is 2. The fraction of sp³-hybridized carbons (Fsp3) is 0.235. The van der Waals surface area contributed by atoms with Gasteiger partial charge in [0.2, 0.25) is 0 Å². The molecule has 0 N–H and O–H groups in total. The molecule has 0 fully saturated rings. The number of nitro benzene ring substituents is 2. The maximum Gasteiger partial charge on any atom is 0.345 e. The Morgan fingerprint density at radius 1 is 1.04 bits per heavy atom. The molecule has 0 atom stereocenters. The zero-order valence-corrected chi connectivity index (χ0v) is 14.5. The first-order chi connectivity index (χ1) is 12.9. The Labute approximate surface area is 153 Å². The minimum absolute atomic E-state index is 0.100. The van der Waals surface area contributed by atoms with Crippen LogP contribution in [0, 0.1) is 20.2 Å². The van der Waals surface area contributed by atoms with E-state index in [0.717, 1.165) is 6.07 Å². The smallest absolute Gasteiger partial charge is 0.345 e. The molecule has 0 unspecified atom stereocenters. The van der Waals surface area contributed by atoms with Crippen molar-refractivity contribution in [1.29, 1.82) is 0 Å². The van der Waals surface area contributed by atoms with Crippen molar-refractivity contribution in [3.8, 4) is 11.5 Å². The molecule has 2 rings (SSSR count). The second-order valence-electron chi connectivity index (χ2n) is 5.21. The van der Waals surface area contributed by atoms with Gasteiger partial charge >= 0.3 is 5.97 Å². The van der Waals surface area contributed by atoms with Gasteiger partial charge in [-0.2, -0.15) is 0 Å². The molecular formula is C17H16N2O8. The molecule has 10 nitrogen and oxygen atoms in total. The van der Waals surface area contributed by atoms with Crippen molar-refractivity contribution in [2.24, 2.45) is 0 Å². The molecule has 2 aromatic rings. The monoisotopic (exact) mass is 376 g/mol. The normalized spacial score (nSPS) is 10.1. The fourth-order valence-corrected chi connectivity index (χ4v) is 2.23. The third kappa shape index (κ3) is 4.69. The molecule has 0 saturated carbocycles. The molecule has 0 aliphatic heterocycles. The van der Waals surface area contributed by atoms with Crippen molar-refractivity contribution < 1.29 is 28.9 Å². The highest BCUT2D eigenvalue weighted by molar-refractivity contribution is 5.95. The summed E-state index contributed by atoms with van der Waals surface area (Å²) in [4.78, 5) is 33.0. The summed E-state index contributed by atoms with van der Waals surface area (Å²) in [6, 6.07) is 7.68. The zero-order valence-electron chi connectivity index (χ0n) is 14.5. The van der Waals surface area contributed by atoms with Crippen molar-refractivity contribution in [3.63, 3.8) is 0 Å². The van der Waals surface area contributed by atoms with Gasteiger partial charge in [-0.1, -0.05) is 0 Å². The number of nitro groups is 2. The Kier molecular flexibility index (Phi) is 6.26. The summed E-state index contributed by atoms with van der Waals surface area (Å²) in [6.45, 7) is 1.76. The Hall–Kier alpha value is -3.69. The molecule has 0 aromatic heterocycles. The second kappa shape index (κ2) is 8.61. The van der Waals surface area contributed by atoms with Crippen molar-refractivity contribution in [2.75, 3.05) is 13.7 Å². The van der Waals surface area contributed by atoms with Gasteiger partial charge < -0.3 is 14.2 Å². The molecule has 0 bridgehead atoms. The number of hydrogen-bond acceptors (Lipinski definition) is 8.